The molecule has 118 valence electrons. The van der Waals surface area contributed by atoms with Crippen molar-refractivity contribution in [1.82, 2.24) is 9.55 Å². The molecule has 0 radical (unpaired) electrons. The lowest BCUT2D eigenvalue weighted by atomic mass is 10.0. The van der Waals surface area contributed by atoms with Crippen molar-refractivity contribution in [2.24, 2.45) is 0 Å². The predicted octanol–water partition coefficient (Wildman–Crippen LogP) is 3.57. The Kier molecular flexibility index (Phi) is 3.90. The van der Waals surface area contributed by atoms with Gasteiger partial charge in [0.2, 0.25) is 0 Å². The minimum atomic E-state index is -0.144. The Labute approximate surface area is 138 Å². The van der Waals surface area contributed by atoms with E-state index in [1.54, 1.807) is 0 Å². The zero-order valence-corrected chi connectivity index (χ0v) is 14.5. The van der Waals surface area contributed by atoms with E-state index in [0.717, 1.165) is 26.4 Å². The Bertz CT molecular complexity index is 983. The highest BCUT2D eigenvalue weighted by molar-refractivity contribution is 7.18. The van der Waals surface area contributed by atoms with Crippen LogP contribution < -0.4 is 5.56 Å². The molecule has 0 saturated heterocycles. The summed E-state index contributed by atoms with van der Waals surface area (Å²) in [5.41, 5.74) is 3.65. The van der Waals surface area contributed by atoms with Crippen molar-refractivity contribution >= 4 is 27.3 Å². The maximum absolute atomic E-state index is 12.6. The lowest BCUT2D eigenvalue weighted by Crippen LogP contribution is -2.24. The first kappa shape index (κ1) is 15.6. The number of aromatic nitrogens is 2. The Balaban J connectivity index is 1.99. The number of ketones is 1. The third kappa shape index (κ3) is 2.72. The van der Waals surface area contributed by atoms with Crippen LogP contribution in [-0.2, 0) is 6.54 Å². The summed E-state index contributed by atoms with van der Waals surface area (Å²) in [6.45, 7) is 7.90. The fourth-order valence-electron chi connectivity index (χ4n) is 2.54. The van der Waals surface area contributed by atoms with Crippen molar-refractivity contribution in [1.29, 1.82) is 0 Å². The first-order valence-electron chi connectivity index (χ1n) is 7.44. The summed E-state index contributed by atoms with van der Waals surface area (Å²) >= 11 is 1.51. The molecule has 5 heteroatoms. The van der Waals surface area contributed by atoms with Crippen molar-refractivity contribution in [3.05, 3.63) is 62.0 Å². The van der Waals surface area contributed by atoms with E-state index >= 15 is 0 Å². The summed E-state index contributed by atoms with van der Waals surface area (Å²) in [6.07, 6.45) is 1.47. The molecule has 0 saturated carbocycles. The van der Waals surface area contributed by atoms with Gasteiger partial charge in [0.25, 0.3) is 5.56 Å². The number of rotatable bonds is 3. The monoisotopic (exact) mass is 326 g/mol. The second kappa shape index (κ2) is 5.74. The number of nitrogens with zero attached hydrogens (tertiary/aromatic N) is 2. The molecule has 0 unspecified atom stereocenters. The molecule has 3 aromatic rings. The largest absolute Gasteiger partial charge is 0.292 e. The van der Waals surface area contributed by atoms with Gasteiger partial charge < -0.3 is 0 Å². The topological polar surface area (TPSA) is 52.0 Å². The summed E-state index contributed by atoms with van der Waals surface area (Å²) in [4.78, 5) is 31.3. The van der Waals surface area contributed by atoms with E-state index in [1.165, 1.54) is 22.2 Å². The van der Waals surface area contributed by atoms with E-state index in [2.05, 4.69) is 4.98 Å². The van der Waals surface area contributed by atoms with Gasteiger partial charge in [0.15, 0.2) is 5.78 Å². The highest BCUT2D eigenvalue weighted by Crippen LogP contribution is 2.25. The molecule has 0 spiro atoms. The molecule has 0 atom stereocenters. The Morgan fingerprint density at radius 3 is 2.61 bits per heavy atom. The maximum atomic E-state index is 12.6. The van der Waals surface area contributed by atoms with E-state index in [9.17, 15) is 9.59 Å². The molecule has 0 aliphatic heterocycles. The molecule has 0 fully saturated rings. The molecule has 0 aliphatic rings. The Morgan fingerprint density at radius 2 is 1.91 bits per heavy atom. The van der Waals surface area contributed by atoms with E-state index in [4.69, 9.17) is 0 Å². The normalized spacial score (nSPS) is 11.1. The molecular weight excluding hydrogens is 308 g/mol. The minimum Gasteiger partial charge on any atom is -0.292 e. The number of carbonyl (C=O) groups excluding carboxylic acids is 1. The van der Waals surface area contributed by atoms with Crippen molar-refractivity contribution in [2.75, 3.05) is 0 Å². The first-order valence-corrected chi connectivity index (χ1v) is 8.25. The molecule has 4 nitrogen and oxygen atoms in total. The molecule has 0 bridgehead atoms. The number of aryl methyl sites for hydroxylation is 4. The standard InChI is InChI=1S/C18H18N2O2S/c1-10-5-6-14(7-11(10)2)15(21)8-20-9-19-17-16(18(20)22)12(3)13(4)23-17/h5-7,9H,8H2,1-4H3. The van der Waals surface area contributed by atoms with E-state index in [0.29, 0.717) is 10.9 Å². The predicted molar refractivity (Wildman–Crippen MR) is 93.6 cm³/mol. The van der Waals surface area contributed by atoms with Crippen molar-refractivity contribution in [3.8, 4) is 0 Å². The third-order valence-electron chi connectivity index (χ3n) is 4.30. The van der Waals surface area contributed by atoms with Gasteiger partial charge in [-0.2, -0.15) is 0 Å². The van der Waals surface area contributed by atoms with E-state index in [-0.39, 0.29) is 17.9 Å². The van der Waals surface area contributed by atoms with Gasteiger partial charge in [0, 0.05) is 10.4 Å². The van der Waals surface area contributed by atoms with Crippen LogP contribution >= 0.6 is 11.3 Å². The van der Waals surface area contributed by atoms with Gasteiger partial charge >= 0.3 is 0 Å². The highest BCUT2D eigenvalue weighted by Gasteiger charge is 2.14. The average molecular weight is 326 g/mol. The van der Waals surface area contributed by atoms with Crippen LogP contribution in [0, 0.1) is 27.7 Å². The molecule has 1 aromatic carbocycles. The second-order valence-electron chi connectivity index (χ2n) is 5.86. The van der Waals surface area contributed by atoms with Gasteiger partial charge in [0.1, 0.15) is 4.83 Å². The maximum Gasteiger partial charge on any atom is 0.262 e. The zero-order chi connectivity index (χ0) is 16.7. The van der Waals surface area contributed by atoms with Crippen molar-refractivity contribution < 1.29 is 4.79 Å². The molecule has 0 aliphatic carbocycles. The smallest absolute Gasteiger partial charge is 0.262 e. The van der Waals surface area contributed by atoms with Crippen LogP contribution in [0.15, 0.2) is 29.3 Å². The molecule has 23 heavy (non-hydrogen) atoms. The second-order valence-corrected chi connectivity index (χ2v) is 7.07. The summed E-state index contributed by atoms with van der Waals surface area (Å²) in [5.74, 6) is -0.0824. The first-order chi connectivity index (χ1) is 10.9. The van der Waals surface area contributed by atoms with Crippen LogP contribution in [0.5, 0.6) is 0 Å². The summed E-state index contributed by atoms with van der Waals surface area (Å²) in [5, 5.41) is 0.628. The molecule has 3 rings (SSSR count). The molecule has 0 amide bonds. The quantitative estimate of drug-likeness (QED) is 0.691. The van der Waals surface area contributed by atoms with Crippen LogP contribution in [0.2, 0.25) is 0 Å². The van der Waals surface area contributed by atoms with E-state index in [1.807, 2.05) is 45.9 Å². The van der Waals surface area contributed by atoms with E-state index < -0.39 is 0 Å². The van der Waals surface area contributed by atoms with Crippen molar-refractivity contribution in [3.63, 3.8) is 0 Å². The van der Waals surface area contributed by atoms with Gasteiger partial charge in [-0.1, -0.05) is 12.1 Å². The number of carbonyl (C=O) groups is 1. The number of thiophene rings is 1. The minimum absolute atomic E-state index is 0.0125. The molecule has 0 N–H and O–H groups in total. The van der Waals surface area contributed by atoms with Gasteiger partial charge in [-0.25, -0.2) is 4.98 Å². The molecular formula is C18H18N2O2S. The van der Waals surface area contributed by atoms with Crippen LogP contribution in [0.25, 0.3) is 10.2 Å². The fourth-order valence-corrected chi connectivity index (χ4v) is 3.53. The zero-order valence-electron chi connectivity index (χ0n) is 13.6. The summed E-state index contributed by atoms with van der Waals surface area (Å²) < 4.78 is 1.40. The van der Waals surface area contributed by atoms with Crippen molar-refractivity contribution in [2.45, 2.75) is 34.2 Å². The van der Waals surface area contributed by atoms with Gasteiger partial charge in [0.05, 0.1) is 18.3 Å². The van der Waals surface area contributed by atoms with Gasteiger partial charge in [-0.15, -0.1) is 11.3 Å². The molecule has 2 heterocycles. The number of benzene rings is 1. The SMILES string of the molecule is Cc1ccc(C(=O)Cn2cnc3sc(C)c(C)c3c2=O)cc1C. The average Bonchev–Trinajstić information content (AvgIpc) is 2.80. The van der Waals surface area contributed by atoms with Gasteiger partial charge in [-0.3, -0.25) is 14.2 Å². The third-order valence-corrected chi connectivity index (χ3v) is 5.41. The Hall–Kier alpha value is -2.27. The van der Waals surface area contributed by atoms with Crippen LogP contribution in [0.4, 0.5) is 0 Å². The number of hydrogen-bond acceptors (Lipinski definition) is 4. The Morgan fingerprint density at radius 1 is 1.17 bits per heavy atom. The summed E-state index contributed by atoms with van der Waals surface area (Å²) in [7, 11) is 0. The van der Waals surface area contributed by atoms with Crippen LogP contribution in [0.3, 0.4) is 0 Å². The lowest BCUT2D eigenvalue weighted by Gasteiger charge is -2.07. The highest BCUT2D eigenvalue weighted by atomic mass is 32.1. The molecule has 2 aromatic heterocycles. The number of Topliss-reactive ketones (excluding diaryl/α,β-unsaturated/α-hetero) is 1. The number of fused-ring (bicyclic) bond motifs is 1. The summed E-state index contributed by atoms with van der Waals surface area (Å²) in [6, 6.07) is 5.61. The lowest BCUT2D eigenvalue weighted by molar-refractivity contribution is 0.0970. The fraction of sp³-hybridized carbons (Fsp3) is 0.278. The van der Waals surface area contributed by atoms with Crippen LogP contribution in [0.1, 0.15) is 31.9 Å². The van der Waals surface area contributed by atoms with Crippen LogP contribution in [-0.4, -0.2) is 15.3 Å². The number of hydrogen-bond donors (Lipinski definition) is 0. The van der Waals surface area contributed by atoms with Gasteiger partial charge in [-0.05, 0) is 50.5 Å².